The molecule has 2 aromatic heterocycles. The fraction of sp³-hybridized carbons (Fsp3) is 0.591. The summed E-state index contributed by atoms with van der Waals surface area (Å²) >= 11 is 0. The summed E-state index contributed by atoms with van der Waals surface area (Å²) in [4.78, 5) is 25.3. The molecule has 5 atom stereocenters. The van der Waals surface area contributed by atoms with E-state index < -0.39 is 0 Å². The molecule has 5 unspecified atom stereocenters. The number of carbonyl (C=O) groups is 2. The van der Waals surface area contributed by atoms with Crippen LogP contribution in [0.4, 0.5) is 0 Å². The van der Waals surface area contributed by atoms with Crippen LogP contribution in [-0.2, 0) is 9.53 Å². The Balaban J connectivity index is 1.32. The average molecular weight is 399 g/mol. The van der Waals surface area contributed by atoms with E-state index in [1.807, 2.05) is 31.3 Å². The lowest BCUT2D eigenvalue weighted by molar-refractivity contribution is -0.134. The van der Waals surface area contributed by atoms with Crippen LogP contribution in [0.2, 0.25) is 0 Å². The van der Waals surface area contributed by atoms with Gasteiger partial charge >= 0.3 is 0 Å². The molecular formula is C22H30N4O3. The first-order chi connectivity index (χ1) is 13.8. The minimum absolute atomic E-state index is 0.0162. The van der Waals surface area contributed by atoms with Gasteiger partial charge in [0.1, 0.15) is 6.10 Å². The number of pyridine rings is 1. The minimum atomic E-state index is -0.347. The second-order valence-electron chi connectivity index (χ2n) is 9.19. The van der Waals surface area contributed by atoms with Crippen molar-refractivity contribution in [2.24, 2.45) is 17.3 Å². The lowest BCUT2D eigenvalue weighted by Gasteiger charge is -2.52. The molecule has 2 aromatic rings. The zero-order valence-electron chi connectivity index (χ0n) is 17.5. The van der Waals surface area contributed by atoms with Crippen LogP contribution in [-0.4, -0.2) is 46.2 Å². The molecule has 1 aliphatic heterocycles. The molecule has 29 heavy (non-hydrogen) atoms. The van der Waals surface area contributed by atoms with Crippen LogP contribution in [0.25, 0.3) is 5.52 Å². The van der Waals surface area contributed by atoms with Gasteiger partial charge in [-0.05, 0) is 55.2 Å². The van der Waals surface area contributed by atoms with Crippen LogP contribution >= 0.6 is 0 Å². The maximum Gasteiger partial charge on any atom is 0.253 e. The second kappa shape index (κ2) is 7.44. The molecule has 0 aromatic carbocycles. The van der Waals surface area contributed by atoms with E-state index in [1.165, 1.54) is 0 Å². The number of hydrogen-bond donors (Lipinski definition) is 2. The molecule has 156 valence electrons. The van der Waals surface area contributed by atoms with Crippen molar-refractivity contribution in [3.63, 3.8) is 0 Å². The molecule has 3 heterocycles. The van der Waals surface area contributed by atoms with Crippen LogP contribution in [0, 0.1) is 17.3 Å². The van der Waals surface area contributed by atoms with Crippen molar-refractivity contribution in [2.45, 2.75) is 58.8 Å². The number of amides is 2. The van der Waals surface area contributed by atoms with Crippen LogP contribution < -0.4 is 10.6 Å². The second-order valence-corrected chi connectivity index (χ2v) is 9.19. The summed E-state index contributed by atoms with van der Waals surface area (Å²) in [7, 11) is 0. The fourth-order valence-electron chi connectivity index (χ4n) is 4.72. The predicted molar refractivity (Wildman–Crippen MR) is 109 cm³/mol. The van der Waals surface area contributed by atoms with Crippen molar-refractivity contribution < 1.29 is 14.3 Å². The quantitative estimate of drug-likeness (QED) is 0.810. The highest BCUT2D eigenvalue weighted by atomic mass is 16.5. The third-order valence-electron chi connectivity index (χ3n) is 6.84. The van der Waals surface area contributed by atoms with E-state index in [-0.39, 0.29) is 41.4 Å². The van der Waals surface area contributed by atoms with Gasteiger partial charge in [-0.25, -0.2) is 4.52 Å². The van der Waals surface area contributed by atoms with Gasteiger partial charge in [0.05, 0.1) is 23.4 Å². The van der Waals surface area contributed by atoms with Crippen molar-refractivity contribution in [2.75, 3.05) is 6.54 Å². The highest BCUT2D eigenvalue weighted by molar-refractivity contribution is 6.00. The monoisotopic (exact) mass is 398 g/mol. The lowest BCUT2D eigenvalue weighted by atomic mass is 9.58. The maximum atomic E-state index is 12.8. The molecule has 2 amide bonds. The summed E-state index contributed by atoms with van der Waals surface area (Å²) in [5.74, 6) is 0.464. The number of nitrogens with zero attached hydrogens (tertiary/aromatic N) is 2. The summed E-state index contributed by atoms with van der Waals surface area (Å²) in [6, 6.07) is 5.55. The molecule has 1 saturated heterocycles. The molecule has 0 spiro atoms. The van der Waals surface area contributed by atoms with E-state index in [0.717, 1.165) is 18.4 Å². The SMILES string of the molecule is CC1CC(C)C(C(=O)NCC2CC(NC(=O)c3cccn4nccc34)C2(C)C)O1. The van der Waals surface area contributed by atoms with Crippen LogP contribution in [0.15, 0.2) is 30.6 Å². The van der Waals surface area contributed by atoms with Gasteiger partial charge in [0.2, 0.25) is 5.91 Å². The van der Waals surface area contributed by atoms with Crippen molar-refractivity contribution in [3.8, 4) is 0 Å². The number of aromatic nitrogens is 2. The Bertz CT molecular complexity index is 922. The summed E-state index contributed by atoms with van der Waals surface area (Å²) in [6.45, 7) is 8.98. The van der Waals surface area contributed by atoms with Crippen molar-refractivity contribution >= 4 is 17.3 Å². The molecule has 0 bridgehead atoms. The molecule has 1 aliphatic carbocycles. The van der Waals surface area contributed by atoms with Gasteiger partial charge in [0.25, 0.3) is 5.91 Å². The Morgan fingerprint density at radius 3 is 2.76 bits per heavy atom. The summed E-state index contributed by atoms with van der Waals surface area (Å²) in [5, 5.41) is 10.4. The van der Waals surface area contributed by atoms with Gasteiger partial charge < -0.3 is 15.4 Å². The van der Waals surface area contributed by atoms with Crippen LogP contribution in [0.1, 0.15) is 50.9 Å². The van der Waals surface area contributed by atoms with Gasteiger partial charge in [-0.3, -0.25) is 9.59 Å². The van der Waals surface area contributed by atoms with E-state index in [9.17, 15) is 9.59 Å². The van der Waals surface area contributed by atoms with Crippen molar-refractivity contribution in [3.05, 3.63) is 36.2 Å². The third kappa shape index (κ3) is 3.64. The van der Waals surface area contributed by atoms with Crippen molar-refractivity contribution in [1.82, 2.24) is 20.2 Å². The molecule has 1 saturated carbocycles. The fourth-order valence-corrected chi connectivity index (χ4v) is 4.72. The van der Waals surface area contributed by atoms with E-state index in [2.05, 4.69) is 36.5 Å². The van der Waals surface area contributed by atoms with Crippen LogP contribution in [0.3, 0.4) is 0 Å². The molecule has 2 fully saturated rings. The summed E-state index contributed by atoms with van der Waals surface area (Å²) < 4.78 is 7.45. The molecule has 4 rings (SSSR count). The van der Waals surface area contributed by atoms with Gasteiger partial charge in [-0.2, -0.15) is 5.10 Å². The number of carbonyl (C=O) groups excluding carboxylic acids is 2. The molecule has 7 nitrogen and oxygen atoms in total. The highest BCUT2D eigenvalue weighted by Crippen LogP contribution is 2.46. The first kappa shape index (κ1) is 19.9. The van der Waals surface area contributed by atoms with E-state index in [4.69, 9.17) is 4.74 Å². The Morgan fingerprint density at radius 2 is 2.07 bits per heavy atom. The first-order valence-corrected chi connectivity index (χ1v) is 10.4. The lowest BCUT2D eigenvalue weighted by Crippen LogP contribution is -2.61. The smallest absolute Gasteiger partial charge is 0.253 e. The standard InChI is InChI=1S/C22H30N4O3/c1-13-10-14(2)29-19(13)21(28)23-12-15-11-18(22(15,3)4)25-20(27)16-6-5-9-26-17(16)7-8-24-26/h5-9,13-15,18-19H,10-12H2,1-4H3,(H,23,28)(H,25,27). The zero-order valence-corrected chi connectivity index (χ0v) is 17.5. The molecule has 2 N–H and O–H groups in total. The van der Waals surface area contributed by atoms with Crippen LogP contribution in [0.5, 0.6) is 0 Å². The van der Waals surface area contributed by atoms with Gasteiger partial charge in [-0.15, -0.1) is 0 Å². The Kier molecular flexibility index (Phi) is 5.11. The Hall–Kier alpha value is -2.41. The van der Waals surface area contributed by atoms with E-state index >= 15 is 0 Å². The number of nitrogens with one attached hydrogen (secondary N) is 2. The highest BCUT2D eigenvalue weighted by Gasteiger charge is 2.49. The number of ether oxygens (including phenoxy) is 1. The molecule has 2 aliphatic rings. The number of hydrogen-bond acceptors (Lipinski definition) is 4. The predicted octanol–water partition coefficient (Wildman–Crippen LogP) is 2.41. The van der Waals surface area contributed by atoms with Gasteiger partial charge in [-0.1, -0.05) is 20.8 Å². The molecule has 7 heteroatoms. The van der Waals surface area contributed by atoms with E-state index in [1.54, 1.807) is 10.7 Å². The van der Waals surface area contributed by atoms with E-state index in [0.29, 0.717) is 18.0 Å². The number of fused-ring (bicyclic) bond motifs is 1. The topological polar surface area (TPSA) is 84.7 Å². The molecular weight excluding hydrogens is 368 g/mol. The minimum Gasteiger partial charge on any atom is -0.365 e. The molecule has 0 radical (unpaired) electrons. The average Bonchev–Trinajstić information content (AvgIpc) is 3.29. The summed E-state index contributed by atoms with van der Waals surface area (Å²) in [6.07, 6.45) is 5.08. The first-order valence-electron chi connectivity index (χ1n) is 10.4. The summed E-state index contributed by atoms with van der Waals surface area (Å²) in [5.41, 5.74) is 1.33. The zero-order chi connectivity index (χ0) is 20.8. The normalized spacial score (nSPS) is 30.7. The number of rotatable bonds is 5. The maximum absolute atomic E-state index is 12.8. The van der Waals surface area contributed by atoms with Gasteiger partial charge in [0.15, 0.2) is 0 Å². The van der Waals surface area contributed by atoms with Crippen molar-refractivity contribution in [1.29, 1.82) is 0 Å². The Labute approximate surface area is 171 Å². The Morgan fingerprint density at radius 1 is 1.28 bits per heavy atom. The third-order valence-corrected chi connectivity index (χ3v) is 6.84. The van der Waals surface area contributed by atoms with Gasteiger partial charge in [0, 0.05) is 18.8 Å². The largest absolute Gasteiger partial charge is 0.365 e.